The Kier molecular flexibility index (Phi) is 19.4. The molecule has 3 aliphatic rings. The number of benzene rings is 17. The second kappa shape index (κ2) is 32.3. The minimum absolute atomic E-state index is 0.0116. The van der Waals surface area contributed by atoms with Crippen molar-refractivity contribution < 1.29 is 0 Å². The van der Waals surface area contributed by atoms with Crippen LogP contribution in [0.1, 0.15) is 181 Å². The summed E-state index contributed by atoms with van der Waals surface area (Å²) in [7, 11) is 0. The van der Waals surface area contributed by atoms with Gasteiger partial charge < -0.3 is 37.2 Å². The lowest BCUT2D eigenvalue weighted by Gasteiger charge is -2.38. The number of aromatic nitrogens is 4. The van der Waals surface area contributed by atoms with Crippen LogP contribution in [0.5, 0.6) is 0 Å². The average molecular weight is 1870 g/mol. The van der Waals surface area contributed by atoms with Gasteiger partial charge >= 0.3 is 0 Å². The molecule has 2 fully saturated rings. The van der Waals surface area contributed by atoms with Crippen LogP contribution in [0.2, 0.25) is 0 Å². The third kappa shape index (κ3) is 13.3. The maximum Gasteiger partial charge on any atom is 0.0641 e. The van der Waals surface area contributed by atoms with Gasteiger partial charge in [-0.3, -0.25) is 0 Å². The van der Waals surface area contributed by atoms with Gasteiger partial charge in [0.05, 0.1) is 95.0 Å². The molecular weight excluding hydrogens is 1750 g/mol. The topological polar surface area (TPSA) is 30.6 Å². The molecule has 8 nitrogen and oxygen atoms in total. The summed E-state index contributed by atoms with van der Waals surface area (Å²) in [5, 5.41) is 20.3. The minimum atomic E-state index is -0.0735. The lowest BCUT2D eigenvalue weighted by atomic mass is 9.69. The Morgan fingerprint density at radius 2 is 0.583 bits per heavy atom. The molecule has 144 heavy (non-hydrogen) atoms. The maximum absolute atomic E-state index is 2.67. The van der Waals surface area contributed by atoms with Gasteiger partial charge in [0, 0.05) is 126 Å². The summed E-state index contributed by atoms with van der Waals surface area (Å²) in [6.45, 7) is 25.8. The second-order valence-corrected chi connectivity index (χ2v) is 46.2. The van der Waals surface area contributed by atoms with E-state index in [0.29, 0.717) is 17.8 Å². The first-order chi connectivity index (χ1) is 70.1. The maximum atomic E-state index is 2.67. The normalized spacial score (nSPS) is 16.2. The third-order valence-electron chi connectivity index (χ3n) is 34.2. The number of fused-ring (bicyclic) bond motifs is 24. The van der Waals surface area contributed by atoms with Crippen LogP contribution in [-0.2, 0) is 21.7 Å². The number of rotatable bonds is 17. The van der Waals surface area contributed by atoms with Crippen LogP contribution >= 0.6 is 0 Å². The van der Waals surface area contributed by atoms with E-state index in [4.69, 9.17) is 0 Å². The Morgan fingerprint density at radius 1 is 0.264 bits per heavy atom. The van der Waals surface area contributed by atoms with Crippen molar-refractivity contribution in [1.29, 1.82) is 0 Å². The molecule has 0 spiro atoms. The van der Waals surface area contributed by atoms with Gasteiger partial charge in [-0.2, -0.15) is 0 Å². The van der Waals surface area contributed by atoms with Gasteiger partial charge in [0.1, 0.15) is 0 Å². The van der Waals surface area contributed by atoms with E-state index >= 15 is 0 Å². The van der Waals surface area contributed by atoms with Crippen molar-refractivity contribution in [3.8, 4) is 0 Å². The summed E-state index contributed by atoms with van der Waals surface area (Å²) >= 11 is 0. The highest BCUT2D eigenvalue weighted by molar-refractivity contribution is 6.35. The molecule has 0 bridgehead atoms. The summed E-state index contributed by atoms with van der Waals surface area (Å²) in [5.41, 5.74) is 36.1. The molecule has 3 unspecified atom stereocenters. The van der Waals surface area contributed by atoms with Crippen LogP contribution in [0.3, 0.4) is 0 Å². The van der Waals surface area contributed by atoms with Gasteiger partial charge in [-0.05, 0) is 269 Å². The number of allylic oxidation sites excluding steroid dienone is 2. The minimum Gasteiger partial charge on any atom is -0.334 e. The van der Waals surface area contributed by atoms with Gasteiger partial charge in [0.2, 0.25) is 0 Å². The molecule has 2 saturated carbocycles. The van der Waals surface area contributed by atoms with Gasteiger partial charge in [0.25, 0.3) is 0 Å². The van der Waals surface area contributed by atoms with Gasteiger partial charge in [-0.1, -0.05) is 321 Å². The number of hydrogen-bond donors (Lipinski definition) is 0. The molecule has 0 N–H and O–H groups in total. The summed E-state index contributed by atoms with van der Waals surface area (Å²) in [4.78, 5) is 10.2. The Balaban J connectivity index is 0.487. The van der Waals surface area contributed by atoms with Crippen LogP contribution < -0.4 is 19.6 Å². The third-order valence-corrected chi connectivity index (χ3v) is 34.2. The lowest BCUT2D eigenvalue weighted by Crippen LogP contribution is -2.31. The van der Waals surface area contributed by atoms with Crippen LogP contribution in [0, 0.1) is 11.8 Å². The van der Waals surface area contributed by atoms with Gasteiger partial charge in [-0.25, -0.2) is 0 Å². The summed E-state index contributed by atoms with van der Waals surface area (Å²) in [6, 6.07) is 136. The molecule has 8 heterocycles. The summed E-state index contributed by atoms with van der Waals surface area (Å²) in [6.07, 6.45) is 21.3. The number of hydrogen-bond acceptors (Lipinski definition) is 4. The predicted octanol–water partition coefficient (Wildman–Crippen LogP) is 38.2. The zero-order chi connectivity index (χ0) is 96.8. The number of anilines is 11. The molecule has 0 amide bonds. The zero-order valence-electron chi connectivity index (χ0n) is 84.4. The Morgan fingerprint density at radius 3 is 0.944 bits per heavy atom. The van der Waals surface area contributed by atoms with Crippen LogP contribution in [0.4, 0.5) is 62.6 Å². The zero-order valence-corrected chi connectivity index (χ0v) is 84.4. The molecule has 0 saturated heterocycles. The fourth-order valence-electron chi connectivity index (χ4n) is 27.1. The van der Waals surface area contributed by atoms with E-state index in [0.717, 1.165) is 41.3 Å². The van der Waals surface area contributed by atoms with Gasteiger partial charge in [-0.15, -0.1) is 0 Å². The average Bonchev–Trinajstić information content (AvgIpc) is 1.51. The van der Waals surface area contributed by atoms with Crippen LogP contribution in [0.15, 0.2) is 376 Å². The van der Waals surface area contributed by atoms with Crippen LogP contribution in [0.25, 0.3) is 152 Å². The van der Waals surface area contributed by atoms with Crippen LogP contribution in [-0.4, -0.2) is 23.6 Å². The van der Waals surface area contributed by atoms with E-state index in [1.807, 2.05) is 0 Å². The number of nitrogens with zero attached hydrogens (tertiary/aromatic N) is 8. The first-order valence-corrected chi connectivity index (χ1v) is 52.9. The van der Waals surface area contributed by atoms with E-state index in [-0.39, 0.29) is 27.7 Å². The predicted molar refractivity (Wildman–Crippen MR) is 615 cm³/mol. The molecular formula is C136H120N8. The molecule has 8 aromatic heterocycles. The summed E-state index contributed by atoms with van der Waals surface area (Å²) < 4.78 is 10.4. The summed E-state index contributed by atoms with van der Waals surface area (Å²) in [5.74, 6) is 1.74. The highest BCUT2D eigenvalue weighted by Gasteiger charge is 2.37. The van der Waals surface area contributed by atoms with Crippen molar-refractivity contribution in [2.24, 2.45) is 11.8 Å². The van der Waals surface area contributed by atoms with E-state index in [1.165, 1.54) is 278 Å². The van der Waals surface area contributed by atoms with Crippen molar-refractivity contribution in [2.75, 3.05) is 19.6 Å². The molecule has 0 radical (unpaired) electrons. The van der Waals surface area contributed by atoms with Crippen molar-refractivity contribution in [1.82, 2.24) is 17.6 Å². The highest BCUT2D eigenvalue weighted by Crippen LogP contribution is 2.57. The van der Waals surface area contributed by atoms with E-state index < -0.39 is 0 Å². The first-order valence-electron chi connectivity index (χ1n) is 52.9. The first kappa shape index (κ1) is 86.5. The van der Waals surface area contributed by atoms with Gasteiger partial charge in [0.15, 0.2) is 0 Å². The molecule has 704 valence electrons. The lowest BCUT2D eigenvalue weighted by molar-refractivity contribution is 0.242. The fraction of sp³-hybridized carbons (Fsp3) is 0.221. The molecule has 3 atom stereocenters. The SMILES string of the molecule is CC(C)(C)c1ccc(N(c2ccc(C(C)(C)C)cc2)c2ccc3c4cc5c(cc4n4c6ccccc6c2c34)c2ccc(N(c3ccc(C(C)(C)C)cc3)c3ccc(C(C)(C)CC4CCCC(C6=CCC(N(c7ccccc7)c7ccc8c9cc%10c(cc9n9c%11ccccc%11c7c89)c7ccc(N(c8ccccc8)c8ccc(C9CCCCC9)cc8)c8c9ccccc9n%10c78)C=C6)C4)cc3)c3c4ccccc4n5c23)cc1. The Labute approximate surface area is 842 Å². The molecule has 0 aliphatic heterocycles. The highest BCUT2D eigenvalue weighted by atomic mass is 15.2. The van der Waals surface area contributed by atoms with Crippen molar-refractivity contribution in [3.05, 3.63) is 403 Å². The quantitative estimate of drug-likeness (QED) is 0.0909. The smallest absolute Gasteiger partial charge is 0.0641 e. The Bertz CT molecular complexity index is 9390. The number of para-hydroxylation sites is 6. The molecule has 25 aromatic rings. The largest absolute Gasteiger partial charge is 0.334 e. The van der Waals surface area contributed by atoms with E-state index in [9.17, 15) is 0 Å². The second-order valence-electron chi connectivity index (χ2n) is 46.2. The van der Waals surface area contributed by atoms with Crippen molar-refractivity contribution in [2.45, 2.75) is 180 Å². The van der Waals surface area contributed by atoms with Crippen molar-refractivity contribution >= 4 is 215 Å². The van der Waals surface area contributed by atoms with Crippen molar-refractivity contribution in [3.63, 3.8) is 0 Å². The van der Waals surface area contributed by atoms with E-state index in [2.05, 4.69) is 483 Å². The fourth-order valence-corrected chi connectivity index (χ4v) is 27.1. The molecule has 17 aromatic carbocycles. The molecule has 8 heteroatoms. The Hall–Kier alpha value is -15.4. The standard InChI is InChI=1S/C136H120N8/c1-133(2,3)89-50-62-97(63-51-89)139(98-64-52-90(53-65-98)134(4,5)6)119-76-72-103-111-81-124-112(82-123(111)143-115-44-27-23-40-107(115)127(119)131(103)143)104-73-77-120(128-108-41-24-28-45-116(108)144(124)132(104)128)140(99-66-54-91(55-67-99)135(7,8)9)100-68-56-92(57-69-100)136(10,11)83-84-30-29-33-88(78-84)87-48-60-96(61-49-87)138(94-36-19-14-20-37-94)118-75-71-102-110-80-121-109(79-122(110)142-114-43-26-22-39-106(114)126(118)130(102)142)101-70-74-117(125-105-38-21-25-42-113(105)141(121)129(101)125)137(93-34-17-13-18-35-93)95-58-46-86(47-59-95)85-31-15-12-16-32-85/h13-14,17-28,34-60,62-77,79-82,84-85,88,96H,12,15-16,29-33,61,78,83H2,1-11H3. The molecule has 3 aliphatic carbocycles. The monoisotopic (exact) mass is 1860 g/mol. The molecule has 28 rings (SSSR count). The van der Waals surface area contributed by atoms with E-state index in [1.54, 1.807) is 0 Å².